The van der Waals surface area contributed by atoms with Gasteiger partial charge in [-0.15, -0.1) is 0 Å². The van der Waals surface area contributed by atoms with Crippen molar-refractivity contribution in [3.8, 4) is 0 Å². The minimum atomic E-state index is -0.991. The summed E-state index contributed by atoms with van der Waals surface area (Å²) >= 11 is 0. The predicted octanol–water partition coefficient (Wildman–Crippen LogP) is -2.43. The van der Waals surface area contributed by atoms with Gasteiger partial charge >= 0.3 is 41.7 Å². The molecule has 9 heteroatoms. The van der Waals surface area contributed by atoms with Crippen LogP contribution in [-0.4, -0.2) is 23.9 Å². The van der Waals surface area contributed by atoms with Gasteiger partial charge in [0.15, 0.2) is 0 Å². The third-order valence-electron chi connectivity index (χ3n) is 1.89. The normalized spacial score (nSPS) is 8.80. The van der Waals surface area contributed by atoms with Crippen molar-refractivity contribution in [3.05, 3.63) is 0 Å². The van der Waals surface area contributed by atoms with E-state index in [1.165, 1.54) is 0 Å². The van der Waals surface area contributed by atoms with E-state index in [2.05, 4.69) is 0 Å². The minimum Gasteiger partial charge on any atom is -0.550 e. The van der Waals surface area contributed by atoms with Gasteiger partial charge in [0.2, 0.25) is 0 Å². The summed E-state index contributed by atoms with van der Waals surface area (Å²) < 4.78 is 0. The predicted molar refractivity (Wildman–Crippen MR) is 79.4 cm³/mol. The van der Waals surface area contributed by atoms with Crippen LogP contribution in [0.5, 0.6) is 0 Å². The SMILES string of the molecule is CC(C)C(=O)[O-].CC(C)C(=O)[O-].CC(C)C(=O)[O-].CC(C)C(=O)[O-].[Ce+4]. The zero-order chi connectivity index (χ0) is 20.6. The van der Waals surface area contributed by atoms with E-state index in [-0.39, 0.29) is 65.4 Å². The summed E-state index contributed by atoms with van der Waals surface area (Å²) in [5, 5.41) is 38.4. The van der Waals surface area contributed by atoms with Crippen LogP contribution in [0.15, 0.2) is 0 Å². The van der Waals surface area contributed by atoms with Crippen molar-refractivity contribution in [1.82, 2.24) is 0 Å². The molecule has 0 aromatic heterocycles. The van der Waals surface area contributed by atoms with Crippen molar-refractivity contribution < 1.29 is 81.4 Å². The molecule has 8 nitrogen and oxygen atoms in total. The van der Waals surface area contributed by atoms with Gasteiger partial charge < -0.3 is 39.6 Å². The van der Waals surface area contributed by atoms with Crippen LogP contribution in [0, 0.1) is 65.4 Å². The molecular weight excluding hydrogens is 460 g/mol. The van der Waals surface area contributed by atoms with Crippen LogP contribution in [0.25, 0.3) is 0 Å². The van der Waals surface area contributed by atoms with E-state index in [1.807, 2.05) is 0 Å². The average molecular weight is 489 g/mol. The Labute approximate surface area is 183 Å². The molecule has 0 bridgehead atoms. The first-order valence-corrected chi connectivity index (χ1v) is 7.41. The van der Waals surface area contributed by atoms with E-state index in [0.29, 0.717) is 0 Å². The van der Waals surface area contributed by atoms with Gasteiger partial charge in [0, 0.05) is 23.9 Å². The van der Waals surface area contributed by atoms with Gasteiger partial charge in [0.25, 0.3) is 0 Å². The number of hydrogen-bond acceptors (Lipinski definition) is 8. The number of aliphatic carboxylic acids is 4. The molecule has 0 rings (SSSR count). The van der Waals surface area contributed by atoms with Crippen LogP contribution in [0.2, 0.25) is 0 Å². The second-order valence-corrected chi connectivity index (χ2v) is 5.89. The fourth-order valence-corrected chi connectivity index (χ4v) is 0. The molecule has 0 saturated carbocycles. The first-order chi connectivity index (χ1) is 10.6. The largest absolute Gasteiger partial charge is 4.00 e. The van der Waals surface area contributed by atoms with Crippen molar-refractivity contribution in [2.75, 3.05) is 0 Å². The second kappa shape index (κ2) is 21.3. The van der Waals surface area contributed by atoms with Gasteiger partial charge in [-0.1, -0.05) is 55.4 Å². The molecule has 0 unspecified atom stereocenters. The Morgan fingerprint density at radius 1 is 0.440 bits per heavy atom. The standard InChI is InChI=1S/4C4H8O2.Ce/c4*1-3(2)4(5)6;/h4*3H,1-2H3,(H,5,6);/q;;;;+4/p-4. The third-order valence-corrected chi connectivity index (χ3v) is 1.89. The number of rotatable bonds is 4. The zero-order valence-corrected chi connectivity index (χ0v) is 19.2. The molecule has 0 spiro atoms. The Morgan fingerprint density at radius 3 is 0.480 bits per heavy atom. The topological polar surface area (TPSA) is 161 Å². The molecule has 0 atom stereocenters. The molecule has 0 aliphatic rings. The molecule has 144 valence electrons. The first kappa shape index (κ1) is 35.4. The first-order valence-electron chi connectivity index (χ1n) is 7.41. The minimum absolute atomic E-state index is 0. The summed E-state index contributed by atoms with van der Waals surface area (Å²) in [6, 6.07) is 0. The number of carbonyl (C=O) groups excluding carboxylic acids is 4. The molecule has 0 amide bonds. The van der Waals surface area contributed by atoms with Crippen LogP contribution in [0.1, 0.15) is 55.4 Å². The fraction of sp³-hybridized carbons (Fsp3) is 0.750. The Hall–Kier alpha value is -0.743. The summed E-state index contributed by atoms with van der Waals surface area (Å²) in [5.41, 5.74) is 0. The van der Waals surface area contributed by atoms with Gasteiger partial charge in [-0.2, -0.15) is 0 Å². The molecule has 0 fully saturated rings. The molecule has 0 aliphatic carbocycles. The van der Waals surface area contributed by atoms with Gasteiger partial charge in [-0.05, 0) is 23.7 Å². The van der Waals surface area contributed by atoms with E-state index in [1.54, 1.807) is 55.4 Å². The molecule has 0 saturated heterocycles. The Kier molecular flexibility index (Phi) is 30.1. The van der Waals surface area contributed by atoms with Crippen molar-refractivity contribution in [2.24, 2.45) is 23.7 Å². The summed E-state index contributed by atoms with van der Waals surface area (Å²) in [6.45, 7) is 12.6. The van der Waals surface area contributed by atoms with E-state index in [0.717, 1.165) is 0 Å². The van der Waals surface area contributed by atoms with Crippen molar-refractivity contribution in [1.29, 1.82) is 0 Å². The van der Waals surface area contributed by atoms with Gasteiger partial charge in [-0.25, -0.2) is 0 Å². The molecule has 0 radical (unpaired) electrons. The molecule has 0 aromatic rings. The second-order valence-electron chi connectivity index (χ2n) is 5.89. The molecule has 25 heavy (non-hydrogen) atoms. The van der Waals surface area contributed by atoms with Gasteiger partial charge in [-0.3, -0.25) is 0 Å². The number of hydrogen-bond donors (Lipinski definition) is 0. The van der Waals surface area contributed by atoms with Gasteiger partial charge in [0.1, 0.15) is 0 Å². The summed E-state index contributed by atoms with van der Waals surface area (Å²) in [6.07, 6.45) is 0. The third kappa shape index (κ3) is 45.1. The maximum Gasteiger partial charge on any atom is 4.00 e. The molecule has 0 aliphatic heterocycles. The maximum atomic E-state index is 9.59. The van der Waals surface area contributed by atoms with E-state index < -0.39 is 23.9 Å². The number of carboxylic acids is 4. The van der Waals surface area contributed by atoms with Crippen molar-refractivity contribution in [2.45, 2.75) is 55.4 Å². The van der Waals surface area contributed by atoms with E-state index in [9.17, 15) is 39.6 Å². The maximum absolute atomic E-state index is 9.59. The van der Waals surface area contributed by atoms with E-state index in [4.69, 9.17) is 0 Å². The van der Waals surface area contributed by atoms with Crippen LogP contribution < -0.4 is 20.4 Å². The number of carboxylic acid groups (broad SMARTS) is 4. The smallest absolute Gasteiger partial charge is 0.550 e. The molecule has 0 aromatic carbocycles. The fourth-order valence-electron chi connectivity index (χ4n) is 0. The summed E-state index contributed by atoms with van der Waals surface area (Å²) in [7, 11) is 0. The monoisotopic (exact) mass is 488 g/mol. The number of carbonyl (C=O) groups is 4. The van der Waals surface area contributed by atoms with Gasteiger partial charge in [0.05, 0.1) is 0 Å². The average Bonchev–Trinajstić information content (AvgIpc) is 2.40. The Bertz CT molecular complexity index is 304. The molecule has 0 heterocycles. The Balaban J connectivity index is -0.0000000702. The Morgan fingerprint density at radius 2 is 0.480 bits per heavy atom. The summed E-state index contributed by atoms with van der Waals surface area (Å²) in [5.74, 6) is -5.33. The van der Waals surface area contributed by atoms with Crippen LogP contribution in [-0.2, 0) is 19.2 Å². The van der Waals surface area contributed by atoms with Crippen LogP contribution in [0.3, 0.4) is 0 Å². The quantitative estimate of drug-likeness (QED) is 0.422. The van der Waals surface area contributed by atoms with Crippen LogP contribution in [0.4, 0.5) is 0 Å². The van der Waals surface area contributed by atoms with Crippen LogP contribution >= 0.6 is 0 Å². The molecule has 0 N–H and O–H groups in total. The van der Waals surface area contributed by atoms with E-state index >= 15 is 0 Å². The van der Waals surface area contributed by atoms with Crippen molar-refractivity contribution >= 4 is 23.9 Å². The molecular formula is C16H28CeO8. The summed E-state index contributed by atoms with van der Waals surface area (Å²) in [4.78, 5) is 38.4. The van der Waals surface area contributed by atoms with Crippen molar-refractivity contribution in [3.63, 3.8) is 0 Å². The zero-order valence-electron chi connectivity index (χ0n) is 16.1.